The zero-order chi connectivity index (χ0) is 13.8. The summed E-state index contributed by atoms with van der Waals surface area (Å²) in [6, 6.07) is 2.16. The minimum absolute atomic E-state index is 0.108. The van der Waals surface area contributed by atoms with Crippen molar-refractivity contribution >= 4 is 27.3 Å². The molecule has 1 heterocycles. The van der Waals surface area contributed by atoms with Crippen LogP contribution in [0.2, 0.25) is 0 Å². The Hall–Kier alpha value is 0.0600. The maximum Gasteiger partial charge on any atom is 0.0701 e. The van der Waals surface area contributed by atoms with Crippen LogP contribution in [0.15, 0.2) is 15.2 Å². The Morgan fingerprint density at radius 2 is 2.22 bits per heavy atom. The molecule has 1 aromatic rings. The van der Waals surface area contributed by atoms with Gasteiger partial charge in [0.1, 0.15) is 0 Å². The highest BCUT2D eigenvalue weighted by atomic mass is 79.9. The van der Waals surface area contributed by atoms with Crippen LogP contribution in [0.5, 0.6) is 0 Å². The molecule has 0 amide bonds. The molecule has 0 spiro atoms. The lowest BCUT2D eigenvalue weighted by Gasteiger charge is -2.44. The first-order chi connectivity index (χ1) is 8.46. The van der Waals surface area contributed by atoms with Crippen molar-refractivity contribution in [3.63, 3.8) is 0 Å². The summed E-state index contributed by atoms with van der Waals surface area (Å²) in [5.74, 6) is 0.439. The van der Waals surface area contributed by atoms with E-state index in [0.717, 1.165) is 6.54 Å². The molecule has 18 heavy (non-hydrogen) atoms. The topological polar surface area (TPSA) is 38.5 Å². The van der Waals surface area contributed by atoms with Gasteiger partial charge in [-0.05, 0) is 45.9 Å². The molecule has 0 aliphatic carbocycles. The predicted molar refractivity (Wildman–Crippen MR) is 82.0 cm³/mol. The van der Waals surface area contributed by atoms with E-state index in [0.29, 0.717) is 19.1 Å². The molecule has 0 saturated heterocycles. The highest BCUT2D eigenvalue weighted by Gasteiger charge is 2.36. The third kappa shape index (κ3) is 3.54. The van der Waals surface area contributed by atoms with Crippen LogP contribution in [0.3, 0.4) is 0 Å². The maximum absolute atomic E-state index is 6.03. The van der Waals surface area contributed by atoms with Gasteiger partial charge < -0.3 is 10.5 Å². The number of halogens is 1. The summed E-state index contributed by atoms with van der Waals surface area (Å²) in [6.07, 6.45) is 0. The average molecular weight is 335 g/mol. The molecule has 0 aliphatic rings. The molecule has 0 aromatic carbocycles. The zero-order valence-electron chi connectivity index (χ0n) is 11.6. The van der Waals surface area contributed by atoms with Gasteiger partial charge >= 0.3 is 0 Å². The lowest BCUT2D eigenvalue weighted by atomic mass is 9.85. The number of ether oxygens (including phenoxy) is 1. The number of thiophene rings is 1. The predicted octanol–water partition coefficient (Wildman–Crippen LogP) is 2.94. The van der Waals surface area contributed by atoms with Crippen LogP contribution in [0.25, 0.3) is 0 Å². The molecule has 0 saturated carbocycles. The first-order valence-corrected chi connectivity index (χ1v) is 7.76. The standard InChI is InChI=1S/C13H23BrN2OS/c1-10(2)13(8-15,9-17-4)16(3)6-11-5-12(14)18-7-11/h5,7,10H,6,8-9,15H2,1-4H3. The van der Waals surface area contributed by atoms with Gasteiger partial charge in [0, 0.05) is 20.2 Å². The molecule has 0 aliphatic heterocycles. The maximum atomic E-state index is 6.03. The van der Waals surface area contributed by atoms with Crippen LogP contribution in [0, 0.1) is 5.92 Å². The third-order valence-electron chi connectivity index (χ3n) is 3.62. The molecule has 1 aromatic heterocycles. The molecule has 0 radical (unpaired) electrons. The summed E-state index contributed by atoms with van der Waals surface area (Å²) in [7, 11) is 3.86. The third-order valence-corrected chi connectivity index (χ3v) is 5.18. The van der Waals surface area contributed by atoms with Crippen LogP contribution >= 0.6 is 27.3 Å². The van der Waals surface area contributed by atoms with Gasteiger partial charge in [0.25, 0.3) is 0 Å². The summed E-state index contributed by atoms with van der Waals surface area (Å²) < 4.78 is 6.56. The van der Waals surface area contributed by atoms with Gasteiger partial charge in [-0.15, -0.1) is 11.3 Å². The largest absolute Gasteiger partial charge is 0.383 e. The Kier molecular flexibility index (Phi) is 6.27. The molecular formula is C13H23BrN2OS. The number of nitrogens with two attached hydrogens (primary N) is 1. The van der Waals surface area contributed by atoms with Crippen LogP contribution in [-0.4, -0.2) is 37.7 Å². The fourth-order valence-electron chi connectivity index (χ4n) is 2.28. The highest BCUT2D eigenvalue weighted by molar-refractivity contribution is 9.11. The van der Waals surface area contributed by atoms with E-state index >= 15 is 0 Å². The summed E-state index contributed by atoms with van der Waals surface area (Å²) in [4.78, 5) is 2.32. The van der Waals surface area contributed by atoms with E-state index in [1.165, 1.54) is 9.35 Å². The molecular weight excluding hydrogens is 312 g/mol. The van der Waals surface area contributed by atoms with Gasteiger partial charge in [-0.1, -0.05) is 13.8 Å². The van der Waals surface area contributed by atoms with E-state index in [1.807, 2.05) is 0 Å². The number of hydrogen-bond acceptors (Lipinski definition) is 4. The second-order valence-corrected chi connectivity index (χ2v) is 7.30. The SMILES string of the molecule is COCC(CN)(C(C)C)N(C)Cc1csc(Br)c1. The van der Waals surface area contributed by atoms with Crippen LogP contribution in [0.1, 0.15) is 19.4 Å². The smallest absolute Gasteiger partial charge is 0.0701 e. The number of hydrogen-bond donors (Lipinski definition) is 1. The van der Waals surface area contributed by atoms with Gasteiger partial charge in [-0.2, -0.15) is 0 Å². The number of likely N-dealkylation sites (N-methyl/N-ethyl adjacent to an activating group) is 1. The summed E-state index contributed by atoms with van der Waals surface area (Å²) in [5.41, 5.74) is 7.23. The molecule has 1 unspecified atom stereocenters. The molecule has 1 atom stereocenters. The summed E-state index contributed by atoms with van der Waals surface area (Å²) in [5, 5.41) is 2.18. The number of methoxy groups -OCH3 is 1. The second-order valence-electron chi connectivity index (χ2n) is 5.01. The van der Waals surface area contributed by atoms with Crippen LogP contribution in [-0.2, 0) is 11.3 Å². The average Bonchev–Trinajstić information content (AvgIpc) is 2.71. The fourth-order valence-corrected chi connectivity index (χ4v) is 3.48. The molecule has 2 N–H and O–H groups in total. The number of rotatable bonds is 7. The summed E-state index contributed by atoms with van der Waals surface area (Å²) >= 11 is 5.21. The Bertz CT molecular complexity index is 370. The molecule has 1 rings (SSSR count). The van der Waals surface area contributed by atoms with Crippen molar-refractivity contribution in [2.75, 3.05) is 27.3 Å². The van der Waals surface area contributed by atoms with Crippen molar-refractivity contribution in [2.24, 2.45) is 11.7 Å². The second kappa shape index (κ2) is 7.01. The van der Waals surface area contributed by atoms with E-state index < -0.39 is 0 Å². The zero-order valence-corrected chi connectivity index (χ0v) is 14.0. The van der Waals surface area contributed by atoms with Crippen LogP contribution < -0.4 is 5.73 Å². The molecule has 5 heteroatoms. The fraction of sp³-hybridized carbons (Fsp3) is 0.692. The Morgan fingerprint density at radius 3 is 2.61 bits per heavy atom. The Labute approximate surface area is 122 Å². The van der Waals surface area contributed by atoms with Gasteiger partial charge in [0.05, 0.1) is 15.9 Å². The minimum atomic E-state index is -0.108. The molecule has 3 nitrogen and oxygen atoms in total. The minimum Gasteiger partial charge on any atom is -0.383 e. The van der Waals surface area contributed by atoms with E-state index in [4.69, 9.17) is 10.5 Å². The van der Waals surface area contributed by atoms with Crippen molar-refractivity contribution in [1.29, 1.82) is 0 Å². The summed E-state index contributed by atoms with van der Waals surface area (Å²) in [6.45, 7) is 6.54. The molecule has 104 valence electrons. The lowest BCUT2D eigenvalue weighted by molar-refractivity contribution is -0.00549. The lowest BCUT2D eigenvalue weighted by Crippen LogP contribution is -2.58. The number of nitrogens with zero attached hydrogens (tertiary/aromatic N) is 1. The first kappa shape index (κ1) is 16.1. The highest BCUT2D eigenvalue weighted by Crippen LogP contribution is 2.27. The van der Waals surface area contributed by atoms with Crippen molar-refractivity contribution < 1.29 is 4.74 Å². The van der Waals surface area contributed by atoms with Crippen molar-refractivity contribution in [2.45, 2.75) is 25.9 Å². The van der Waals surface area contributed by atoms with E-state index in [9.17, 15) is 0 Å². The van der Waals surface area contributed by atoms with Crippen molar-refractivity contribution in [1.82, 2.24) is 4.90 Å². The molecule has 0 fully saturated rings. The molecule has 0 bridgehead atoms. The Morgan fingerprint density at radius 1 is 1.56 bits per heavy atom. The van der Waals surface area contributed by atoms with Gasteiger partial charge in [-0.3, -0.25) is 4.90 Å². The van der Waals surface area contributed by atoms with Gasteiger partial charge in [-0.25, -0.2) is 0 Å². The monoisotopic (exact) mass is 334 g/mol. The quantitative estimate of drug-likeness (QED) is 0.833. The first-order valence-electron chi connectivity index (χ1n) is 6.09. The van der Waals surface area contributed by atoms with E-state index in [1.54, 1.807) is 18.4 Å². The van der Waals surface area contributed by atoms with Crippen LogP contribution in [0.4, 0.5) is 0 Å². The normalized spacial score (nSPS) is 15.3. The van der Waals surface area contributed by atoms with Gasteiger partial charge in [0.15, 0.2) is 0 Å². The van der Waals surface area contributed by atoms with Crippen molar-refractivity contribution in [3.8, 4) is 0 Å². The van der Waals surface area contributed by atoms with Gasteiger partial charge in [0.2, 0.25) is 0 Å². The van der Waals surface area contributed by atoms with E-state index in [-0.39, 0.29) is 5.54 Å². The van der Waals surface area contributed by atoms with Crippen molar-refractivity contribution in [3.05, 3.63) is 20.8 Å². The van der Waals surface area contributed by atoms with E-state index in [2.05, 4.69) is 53.2 Å². The Balaban J connectivity index is 2.84.